The number of halogens is 1. The van der Waals surface area contributed by atoms with Gasteiger partial charge in [-0.1, -0.05) is 35.9 Å². The van der Waals surface area contributed by atoms with Crippen molar-refractivity contribution in [3.05, 3.63) is 74.8 Å². The first-order chi connectivity index (χ1) is 12.2. The molecule has 1 aromatic heterocycles. The number of hydrogen-bond acceptors (Lipinski definition) is 3. The van der Waals surface area contributed by atoms with Crippen LogP contribution in [-0.2, 0) is 16.7 Å². The molecule has 4 nitrogen and oxygen atoms in total. The Kier molecular flexibility index (Phi) is 3.27. The van der Waals surface area contributed by atoms with Gasteiger partial charge in [-0.05, 0) is 42.2 Å². The first kappa shape index (κ1) is 15.1. The van der Waals surface area contributed by atoms with Gasteiger partial charge in [0.1, 0.15) is 5.82 Å². The van der Waals surface area contributed by atoms with E-state index in [1.807, 2.05) is 6.07 Å². The fourth-order valence-corrected chi connectivity index (χ4v) is 4.56. The molecule has 0 amide bonds. The number of aromatic nitrogens is 2. The molecule has 5 rings (SSSR count). The zero-order valence-electron chi connectivity index (χ0n) is 13.7. The third-order valence-electron chi connectivity index (χ3n) is 5.58. The van der Waals surface area contributed by atoms with Crippen LogP contribution in [0.3, 0.4) is 0 Å². The second kappa shape index (κ2) is 5.41. The lowest BCUT2D eigenvalue weighted by atomic mass is 9.70. The molecule has 0 unspecified atom stereocenters. The standard InChI is InChI=1S/C20H17ClN2O2/c21-14-5-6-15-17(11-14)23-12-13-3-1-2-4-16(13)20(7-9-25-10-8-20)19(23)22-18(15)24/h1-6,11H,7-10,12H2. The Bertz CT molecular complexity index is 1050. The van der Waals surface area contributed by atoms with Crippen molar-refractivity contribution in [3.63, 3.8) is 0 Å². The van der Waals surface area contributed by atoms with E-state index in [0.29, 0.717) is 30.2 Å². The molecule has 5 heteroatoms. The van der Waals surface area contributed by atoms with Crippen LogP contribution in [0.15, 0.2) is 47.3 Å². The Morgan fingerprint density at radius 1 is 1.12 bits per heavy atom. The van der Waals surface area contributed by atoms with Crippen LogP contribution >= 0.6 is 11.6 Å². The van der Waals surface area contributed by atoms with Crippen LogP contribution in [0.4, 0.5) is 0 Å². The Morgan fingerprint density at radius 2 is 1.92 bits per heavy atom. The smallest absolute Gasteiger partial charge is 0.280 e. The summed E-state index contributed by atoms with van der Waals surface area (Å²) in [5.41, 5.74) is 2.99. The van der Waals surface area contributed by atoms with Crippen LogP contribution < -0.4 is 5.56 Å². The lowest BCUT2D eigenvalue weighted by molar-refractivity contribution is 0.0575. The topological polar surface area (TPSA) is 44.1 Å². The summed E-state index contributed by atoms with van der Waals surface area (Å²) in [6, 6.07) is 13.9. The van der Waals surface area contributed by atoms with E-state index in [1.54, 1.807) is 12.1 Å². The van der Waals surface area contributed by atoms with Gasteiger partial charge >= 0.3 is 0 Å². The summed E-state index contributed by atoms with van der Waals surface area (Å²) in [5, 5.41) is 1.25. The molecule has 0 aliphatic carbocycles. The molecule has 0 N–H and O–H groups in total. The van der Waals surface area contributed by atoms with Crippen LogP contribution in [0, 0.1) is 0 Å². The van der Waals surface area contributed by atoms with Gasteiger partial charge < -0.3 is 9.30 Å². The largest absolute Gasteiger partial charge is 0.381 e. The SMILES string of the molecule is O=c1nc2n(c3cc(Cl)ccc13)Cc1ccccc1C21CCOCC1. The molecule has 3 aromatic rings. The van der Waals surface area contributed by atoms with Crippen LogP contribution in [0.5, 0.6) is 0 Å². The van der Waals surface area contributed by atoms with E-state index in [0.717, 1.165) is 24.2 Å². The van der Waals surface area contributed by atoms with Crippen molar-refractivity contribution in [2.24, 2.45) is 0 Å². The zero-order valence-corrected chi connectivity index (χ0v) is 14.4. The van der Waals surface area contributed by atoms with E-state index >= 15 is 0 Å². The lowest BCUT2D eigenvalue weighted by Crippen LogP contribution is -2.43. The van der Waals surface area contributed by atoms with Gasteiger partial charge in [-0.15, -0.1) is 0 Å². The minimum atomic E-state index is -0.261. The molecule has 126 valence electrons. The van der Waals surface area contributed by atoms with Crippen LogP contribution in [0.25, 0.3) is 10.9 Å². The molecule has 0 bridgehead atoms. The fourth-order valence-electron chi connectivity index (χ4n) is 4.39. The molecular formula is C20H17ClN2O2. The molecule has 0 radical (unpaired) electrons. The summed E-state index contributed by atoms with van der Waals surface area (Å²) >= 11 is 6.24. The van der Waals surface area contributed by atoms with Crippen molar-refractivity contribution in [2.45, 2.75) is 24.8 Å². The van der Waals surface area contributed by atoms with Gasteiger partial charge in [0, 0.05) is 24.8 Å². The summed E-state index contributed by atoms with van der Waals surface area (Å²) in [4.78, 5) is 17.3. The maximum Gasteiger partial charge on any atom is 0.280 e. The van der Waals surface area contributed by atoms with Gasteiger partial charge in [-0.3, -0.25) is 4.79 Å². The van der Waals surface area contributed by atoms with Crippen molar-refractivity contribution < 1.29 is 4.74 Å². The summed E-state index contributed by atoms with van der Waals surface area (Å²) in [5.74, 6) is 0.856. The third-order valence-corrected chi connectivity index (χ3v) is 5.81. The highest BCUT2D eigenvalue weighted by Gasteiger charge is 2.44. The fraction of sp³-hybridized carbons (Fsp3) is 0.300. The Hall–Kier alpha value is -2.17. The zero-order chi connectivity index (χ0) is 17.0. The predicted molar refractivity (Wildman–Crippen MR) is 97.4 cm³/mol. The molecular weight excluding hydrogens is 336 g/mol. The highest BCUT2D eigenvalue weighted by molar-refractivity contribution is 6.31. The van der Waals surface area contributed by atoms with E-state index < -0.39 is 0 Å². The van der Waals surface area contributed by atoms with Gasteiger partial charge in [-0.25, -0.2) is 0 Å². The summed E-state index contributed by atoms with van der Waals surface area (Å²) < 4.78 is 7.80. The Labute approximate surface area is 150 Å². The van der Waals surface area contributed by atoms with Gasteiger partial charge in [0.05, 0.1) is 16.3 Å². The first-order valence-electron chi connectivity index (χ1n) is 8.56. The number of hydrogen-bond donors (Lipinski definition) is 0. The van der Waals surface area contributed by atoms with E-state index in [4.69, 9.17) is 16.3 Å². The Balaban J connectivity index is 1.89. The maximum atomic E-state index is 12.7. The van der Waals surface area contributed by atoms with E-state index in [1.165, 1.54) is 11.1 Å². The van der Waals surface area contributed by atoms with Crippen LogP contribution in [-0.4, -0.2) is 22.8 Å². The quantitative estimate of drug-likeness (QED) is 0.622. The van der Waals surface area contributed by atoms with Gasteiger partial charge in [0.2, 0.25) is 0 Å². The van der Waals surface area contributed by atoms with E-state index in [9.17, 15) is 4.79 Å². The maximum absolute atomic E-state index is 12.7. The first-order valence-corrected chi connectivity index (χ1v) is 8.94. The molecule has 2 aliphatic rings. The molecule has 0 saturated carbocycles. The van der Waals surface area contributed by atoms with Crippen molar-refractivity contribution in [3.8, 4) is 0 Å². The monoisotopic (exact) mass is 352 g/mol. The number of ether oxygens (including phenoxy) is 1. The summed E-state index contributed by atoms with van der Waals surface area (Å²) in [6.07, 6.45) is 1.67. The normalized spacial score (nSPS) is 18.1. The minimum Gasteiger partial charge on any atom is -0.381 e. The summed E-state index contributed by atoms with van der Waals surface area (Å²) in [6.45, 7) is 2.06. The predicted octanol–water partition coefficient (Wildman–Crippen LogP) is 3.51. The number of rotatable bonds is 0. The molecule has 1 fully saturated rings. The highest BCUT2D eigenvalue weighted by atomic mass is 35.5. The third kappa shape index (κ3) is 2.11. The average molecular weight is 353 g/mol. The number of nitrogens with zero attached hydrogens (tertiary/aromatic N) is 2. The number of benzene rings is 2. The van der Waals surface area contributed by atoms with E-state index in [2.05, 4.69) is 33.8 Å². The molecule has 0 atom stereocenters. The molecule has 1 spiro atoms. The van der Waals surface area contributed by atoms with Crippen molar-refractivity contribution in [1.82, 2.24) is 9.55 Å². The van der Waals surface area contributed by atoms with Gasteiger partial charge in [0.25, 0.3) is 5.56 Å². The average Bonchev–Trinajstić information content (AvgIpc) is 2.64. The lowest BCUT2D eigenvalue weighted by Gasteiger charge is -2.43. The van der Waals surface area contributed by atoms with Crippen LogP contribution in [0.1, 0.15) is 29.8 Å². The second-order valence-corrected chi connectivity index (χ2v) is 7.28. The van der Waals surface area contributed by atoms with E-state index in [-0.39, 0.29) is 11.0 Å². The molecule has 3 heterocycles. The number of fused-ring (bicyclic) bond motifs is 6. The molecule has 25 heavy (non-hydrogen) atoms. The highest BCUT2D eigenvalue weighted by Crippen LogP contribution is 2.45. The van der Waals surface area contributed by atoms with Crippen molar-refractivity contribution in [2.75, 3.05) is 13.2 Å². The molecule has 2 aromatic carbocycles. The molecule has 2 aliphatic heterocycles. The summed E-state index contributed by atoms with van der Waals surface area (Å²) in [7, 11) is 0. The van der Waals surface area contributed by atoms with Crippen molar-refractivity contribution >= 4 is 22.5 Å². The van der Waals surface area contributed by atoms with Crippen molar-refractivity contribution in [1.29, 1.82) is 0 Å². The Morgan fingerprint density at radius 3 is 2.76 bits per heavy atom. The van der Waals surface area contributed by atoms with Gasteiger partial charge in [0.15, 0.2) is 0 Å². The van der Waals surface area contributed by atoms with Gasteiger partial charge in [-0.2, -0.15) is 4.98 Å². The molecule has 1 saturated heterocycles. The van der Waals surface area contributed by atoms with Crippen LogP contribution in [0.2, 0.25) is 5.02 Å². The minimum absolute atomic E-state index is 0.178. The second-order valence-electron chi connectivity index (χ2n) is 6.84.